The smallest absolute Gasteiger partial charge is 0.356 e. The van der Waals surface area contributed by atoms with E-state index in [4.69, 9.17) is 4.98 Å². The summed E-state index contributed by atoms with van der Waals surface area (Å²) in [4.78, 5) is 18.4. The van der Waals surface area contributed by atoms with Gasteiger partial charge in [0.15, 0.2) is 5.69 Å². The molecule has 0 amide bonds. The fourth-order valence-electron chi connectivity index (χ4n) is 3.64. The van der Waals surface area contributed by atoms with Crippen LogP contribution in [0.25, 0.3) is 11.0 Å². The predicted molar refractivity (Wildman–Crippen MR) is 93.5 cm³/mol. The number of nitrogens with one attached hydrogen (secondary N) is 1. The molecule has 1 aromatic carbocycles. The van der Waals surface area contributed by atoms with E-state index in [1.807, 2.05) is 18.2 Å². The number of aromatic carboxylic acids is 1. The number of hydrogen-bond donors (Lipinski definition) is 2. The number of fused-ring (bicyclic) bond motifs is 2. The molecule has 130 valence electrons. The van der Waals surface area contributed by atoms with Crippen LogP contribution in [0.3, 0.4) is 0 Å². The van der Waals surface area contributed by atoms with Crippen molar-refractivity contribution in [2.75, 3.05) is 6.54 Å². The number of aromatic amines is 1. The Morgan fingerprint density at radius 2 is 2.16 bits per heavy atom. The van der Waals surface area contributed by atoms with E-state index < -0.39 is 5.97 Å². The second-order valence-electron chi connectivity index (χ2n) is 6.78. The molecule has 0 saturated carbocycles. The van der Waals surface area contributed by atoms with Crippen molar-refractivity contribution in [3.8, 4) is 0 Å². The summed E-state index contributed by atoms with van der Waals surface area (Å²) in [5.74, 6) is 0.0359. The van der Waals surface area contributed by atoms with Gasteiger partial charge < -0.3 is 9.67 Å². The third kappa shape index (κ3) is 2.70. The van der Waals surface area contributed by atoms with Gasteiger partial charge in [-0.2, -0.15) is 5.10 Å². The van der Waals surface area contributed by atoms with E-state index >= 15 is 0 Å². The Hall–Kier alpha value is -2.67. The van der Waals surface area contributed by atoms with Gasteiger partial charge in [0.2, 0.25) is 0 Å². The van der Waals surface area contributed by atoms with Crippen molar-refractivity contribution in [3.63, 3.8) is 0 Å². The third-order valence-corrected chi connectivity index (χ3v) is 4.77. The molecular formula is C18H21N5O2. The third-order valence-electron chi connectivity index (χ3n) is 4.77. The second kappa shape index (κ2) is 6.00. The van der Waals surface area contributed by atoms with Crippen molar-refractivity contribution in [1.29, 1.82) is 0 Å². The summed E-state index contributed by atoms with van der Waals surface area (Å²) in [5.41, 5.74) is 4.01. The highest BCUT2D eigenvalue weighted by Crippen LogP contribution is 2.25. The highest BCUT2D eigenvalue weighted by Gasteiger charge is 2.26. The number of rotatable bonds is 4. The first kappa shape index (κ1) is 15.8. The van der Waals surface area contributed by atoms with Crippen molar-refractivity contribution >= 4 is 17.0 Å². The summed E-state index contributed by atoms with van der Waals surface area (Å²) in [6.07, 6.45) is 0.775. The molecular weight excluding hydrogens is 318 g/mol. The lowest BCUT2D eigenvalue weighted by molar-refractivity contribution is 0.0687. The average molecular weight is 339 g/mol. The van der Waals surface area contributed by atoms with Crippen LogP contribution in [0, 0.1) is 0 Å². The quantitative estimate of drug-likeness (QED) is 0.763. The van der Waals surface area contributed by atoms with Gasteiger partial charge >= 0.3 is 5.97 Å². The Labute approximate surface area is 145 Å². The Balaban J connectivity index is 1.65. The van der Waals surface area contributed by atoms with Crippen LogP contribution in [-0.4, -0.2) is 42.3 Å². The van der Waals surface area contributed by atoms with Crippen LogP contribution in [0.1, 0.15) is 47.5 Å². The first-order valence-corrected chi connectivity index (χ1v) is 8.52. The van der Waals surface area contributed by atoms with E-state index in [1.54, 1.807) is 0 Å². The zero-order valence-electron chi connectivity index (χ0n) is 14.4. The molecule has 4 rings (SSSR count). The Bertz CT molecular complexity index is 940. The average Bonchev–Trinajstić information content (AvgIpc) is 3.15. The molecule has 0 bridgehead atoms. The number of nitrogens with zero attached hydrogens (tertiary/aromatic N) is 4. The van der Waals surface area contributed by atoms with Crippen LogP contribution in [0.15, 0.2) is 24.3 Å². The van der Waals surface area contributed by atoms with E-state index in [1.165, 1.54) is 0 Å². The van der Waals surface area contributed by atoms with Crippen molar-refractivity contribution in [2.24, 2.45) is 0 Å². The molecule has 0 aliphatic carbocycles. The number of carboxylic acid groups (broad SMARTS) is 1. The van der Waals surface area contributed by atoms with Gasteiger partial charge in [-0.15, -0.1) is 0 Å². The first-order chi connectivity index (χ1) is 12.0. The van der Waals surface area contributed by atoms with Gasteiger partial charge in [-0.05, 0) is 26.0 Å². The van der Waals surface area contributed by atoms with Crippen molar-refractivity contribution in [2.45, 2.75) is 39.4 Å². The number of aromatic nitrogens is 4. The molecule has 0 radical (unpaired) electrons. The highest BCUT2D eigenvalue weighted by molar-refractivity contribution is 5.87. The van der Waals surface area contributed by atoms with E-state index in [0.29, 0.717) is 19.1 Å². The van der Waals surface area contributed by atoms with Crippen LogP contribution >= 0.6 is 0 Å². The summed E-state index contributed by atoms with van der Waals surface area (Å²) in [7, 11) is 0. The lowest BCUT2D eigenvalue weighted by Crippen LogP contribution is -2.31. The van der Waals surface area contributed by atoms with Crippen LogP contribution in [0.4, 0.5) is 0 Å². The zero-order chi connectivity index (χ0) is 17.6. The van der Waals surface area contributed by atoms with E-state index in [2.05, 4.69) is 39.6 Å². The number of para-hydroxylation sites is 2. The number of benzene rings is 1. The van der Waals surface area contributed by atoms with Gasteiger partial charge in [0, 0.05) is 36.8 Å². The van der Waals surface area contributed by atoms with Crippen LogP contribution in [0.5, 0.6) is 0 Å². The molecule has 0 spiro atoms. The number of H-pyrrole nitrogens is 1. The summed E-state index contributed by atoms with van der Waals surface area (Å²) in [6.45, 7) is 6.44. The number of imidazole rings is 1. The maximum absolute atomic E-state index is 11.3. The molecule has 1 aliphatic rings. The number of carbonyl (C=O) groups is 1. The summed E-state index contributed by atoms with van der Waals surface area (Å²) in [5, 5.41) is 16.1. The molecule has 2 aromatic heterocycles. The maximum Gasteiger partial charge on any atom is 0.356 e. The highest BCUT2D eigenvalue weighted by atomic mass is 16.4. The van der Waals surface area contributed by atoms with Gasteiger partial charge in [-0.1, -0.05) is 12.1 Å². The fourth-order valence-corrected chi connectivity index (χ4v) is 3.64. The molecule has 0 atom stereocenters. The monoisotopic (exact) mass is 339 g/mol. The van der Waals surface area contributed by atoms with Crippen LogP contribution in [0.2, 0.25) is 0 Å². The molecule has 7 heteroatoms. The van der Waals surface area contributed by atoms with Crippen LogP contribution in [-0.2, 0) is 19.5 Å². The maximum atomic E-state index is 11.3. The molecule has 3 heterocycles. The molecule has 0 saturated heterocycles. The molecule has 3 aromatic rings. The van der Waals surface area contributed by atoms with Gasteiger partial charge in [0.25, 0.3) is 0 Å². The summed E-state index contributed by atoms with van der Waals surface area (Å²) in [6, 6.07) is 8.47. The van der Waals surface area contributed by atoms with Crippen molar-refractivity contribution < 1.29 is 9.90 Å². The Kier molecular flexibility index (Phi) is 3.80. The Morgan fingerprint density at radius 3 is 2.92 bits per heavy atom. The molecule has 0 fully saturated rings. The van der Waals surface area contributed by atoms with Gasteiger partial charge in [0.05, 0.1) is 17.6 Å². The zero-order valence-corrected chi connectivity index (χ0v) is 14.4. The molecule has 1 aliphatic heterocycles. The number of carboxylic acids is 1. The molecule has 2 N–H and O–H groups in total. The van der Waals surface area contributed by atoms with Crippen LogP contribution < -0.4 is 0 Å². The van der Waals surface area contributed by atoms with Gasteiger partial charge in [0.1, 0.15) is 5.82 Å². The topological polar surface area (TPSA) is 87.0 Å². The second-order valence-corrected chi connectivity index (χ2v) is 6.78. The number of hydrogen-bond acceptors (Lipinski definition) is 4. The fraction of sp³-hybridized carbons (Fsp3) is 0.389. The molecule has 0 unspecified atom stereocenters. The van der Waals surface area contributed by atoms with Crippen molar-refractivity contribution in [3.05, 3.63) is 47.0 Å². The minimum atomic E-state index is -0.978. The normalized spacial score (nSPS) is 15.0. The lowest BCUT2D eigenvalue weighted by atomic mass is 10.1. The standard InChI is InChI=1S/C18H21N5O2/c1-11(2)23-15-6-4-3-5-14(15)19-16(23)10-22-8-7-13-12(9-22)17(18(24)25)21-20-13/h3-6,11H,7-10H2,1-2H3,(H,20,21)(H,24,25). The van der Waals surface area contributed by atoms with E-state index in [0.717, 1.165) is 41.1 Å². The van der Waals surface area contributed by atoms with Crippen molar-refractivity contribution in [1.82, 2.24) is 24.6 Å². The summed E-state index contributed by atoms with van der Waals surface area (Å²) >= 11 is 0. The van der Waals surface area contributed by atoms with E-state index in [9.17, 15) is 9.90 Å². The molecule has 7 nitrogen and oxygen atoms in total. The molecule has 25 heavy (non-hydrogen) atoms. The first-order valence-electron chi connectivity index (χ1n) is 8.52. The summed E-state index contributed by atoms with van der Waals surface area (Å²) < 4.78 is 2.26. The van der Waals surface area contributed by atoms with E-state index in [-0.39, 0.29) is 5.69 Å². The van der Waals surface area contributed by atoms with Gasteiger partial charge in [-0.3, -0.25) is 10.00 Å². The predicted octanol–water partition coefficient (Wildman–Crippen LogP) is 2.60. The lowest BCUT2D eigenvalue weighted by Gasteiger charge is -2.27. The minimum Gasteiger partial charge on any atom is -0.476 e. The Morgan fingerprint density at radius 1 is 1.36 bits per heavy atom. The SMILES string of the molecule is CC(C)n1c(CN2CCc3[nH]nc(C(=O)O)c3C2)nc2ccccc21. The minimum absolute atomic E-state index is 0.136. The largest absolute Gasteiger partial charge is 0.476 e. The van der Waals surface area contributed by atoms with Gasteiger partial charge in [-0.25, -0.2) is 9.78 Å².